The van der Waals surface area contributed by atoms with Gasteiger partial charge >= 0.3 is 0 Å². The predicted molar refractivity (Wildman–Crippen MR) is 141 cm³/mol. The summed E-state index contributed by atoms with van der Waals surface area (Å²) in [6.45, 7) is 4.73. The van der Waals surface area contributed by atoms with E-state index in [1.54, 1.807) is 6.20 Å². The van der Waals surface area contributed by atoms with Crippen molar-refractivity contribution in [2.45, 2.75) is 19.4 Å². The number of hydrogen-bond donors (Lipinski definition) is 2. The highest BCUT2D eigenvalue weighted by molar-refractivity contribution is 5.94. The minimum absolute atomic E-state index is 0.0504. The molecule has 2 aromatic carbocycles. The SMILES string of the molecule is CN(Cc1ccccc1)c1cc(-c2ccc(C(=O)NCCN3CCCC3)cc2)cnc1NCC=O. The molecule has 0 spiro atoms. The first-order valence-corrected chi connectivity index (χ1v) is 12.2. The van der Waals surface area contributed by atoms with Crippen molar-refractivity contribution >= 4 is 23.7 Å². The number of amides is 1. The summed E-state index contributed by atoms with van der Waals surface area (Å²) >= 11 is 0. The smallest absolute Gasteiger partial charge is 0.251 e. The molecule has 1 aliphatic rings. The number of benzene rings is 2. The second-order valence-electron chi connectivity index (χ2n) is 8.86. The molecule has 2 heterocycles. The first kappa shape index (κ1) is 24.4. The zero-order valence-corrected chi connectivity index (χ0v) is 20.2. The summed E-state index contributed by atoms with van der Waals surface area (Å²) in [4.78, 5) is 32.6. The molecule has 0 radical (unpaired) electrons. The van der Waals surface area contributed by atoms with E-state index in [9.17, 15) is 9.59 Å². The van der Waals surface area contributed by atoms with Crippen LogP contribution in [0.4, 0.5) is 11.5 Å². The maximum absolute atomic E-state index is 12.5. The fourth-order valence-electron chi connectivity index (χ4n) is 4.37. The summed E-state index contributed by atoms with van der Waals surface area (Å²) in [5, 5.41) is 6.12. The van der Waals surface area contributed by atoms with Gasteiger partial charge in [0.1, 0.15) is 12.1 Å². The van der Waals surface area contributed by atoms with E-state index in [4.69, 9.17) is 0 Å². The monoisotopic (exact) mass is 471 g/mol. The van der Waals surface area contributed by atoms with Gasteiger partial charge in [-0.15, -0.1) is 0 Å². The first-order chi connectivity index (χ1) is 17.1. The third-order valence-electron chi connectivity index (χ3n) is 6.29. The zero-order valence-electron chi connectivity index (χ0n) is 20.2. The maximum atomic E-state index is 12.5. The van der Waals surface area contributed by atoms with E-state index in [0.717, 1.165) is 42.7 Å². The zero-order chi connectivity index (χ0) is 24.5. The lowest BCUT2D eigenvalue weighted by Crippen LogP contribution is -2.33. The molecule has 1 fully saturated rings. The van der Waals surface area contributed by atoms with Gasteiger partial charge < -0.3 is 25.2 Å². The Balaban J connectivity index is 1.46. The summed E-state index contributed by atoms with van der Waals surface area (Å²) in [6.07, 6.45) is 5.12. The van der Waals surface area contributed by atoms with Gasteiger partial charge in [-0.2, -0.15) is 0 Å². The number of aldehydes is 1. The van der Waals surface area contributed by atoms with Gasteiger partial charge in [0.2, 0.25) is 0 Å². The number of likely N-dealkylation sites (tertiary alicyclic amines) is 1. The largest absolute Gasteiger partial charge is 0.367 e. The molecule has 1 amide bonds. The summed E-state index contributed by atoms with van der Waals surface area (Å²) in [6, 6.07) is 19.9. The Morgan fingerprint density at radius 2 is 1.80 bits per heavy atom. The molecule has 0 saturated carbocycles. The van der Waals surface area contributed by atoms with Crippen LogP contribution >= 0.6 is 0 Å². The van der Waals surface area contributed by atoms with Crippen molar-refractivity contribution in [1.82, 2.24) is 15.2 Å². The van der Waals surface area contributed by atoms with Crippen LogP contribution in [0.15, 0.2) is 66.9 Å². The Labute approximate surface area is 207 Å². The van der Waals surface area contributed by atoms with Crippen LogP contribution in [-0.4, -0.2) is 61.8 Å². The van der Waals surface area contributed by atoms with Gasteiger partial charge in [-0.05, 0) is 55.3 Å². The van der Waals surface area contributed by atoms with Gasteiger partial charge in [-0.3, -0.25) is 4.79 Å². The van der Waals surface area contributed by atoms with Gasteiger partial charge in [0.15, 0.2) is 0 Å². The molecule has 7 nitrogen and oxygen atoms in total. The van der Waals surface area contributed by atoms with E-state index in [-0.39, 0.29) is 12.5 Å². The van der Waals surface area contributed by atoms with Crippen LogP contribution in [0.3, 0.4) is 0 Å². The van der Waals surface area contributed by atoms with Crippen molar-refractivity contribution in [3.63, 3.8) is 0 Å². The molecule has 0 aliphatic carbocycles. The van der Waals surface area contributed by atoms with Crippen molar-refractivity contribution in [1.29, 1.82) is 0 Å². The van der Waals surface area contributed by atoms with Gasteiger partial charge in [0, 0.05) is 44.0 Å². The molecule has 2 N–H and O–H groups in total. The van der Waals surface area contributed by atoms with E-state index in [0.29, 0.717) is 24.5 Å². The molecule has 7 heteroatoms. The predicted octanol–water partition coefficient (Wildman–Crippen LogP) is 3.82. The van der Waals surface area contributed by atoms with Gasteiger partial charge in [-0.1, -0.05) is 42.5 Å². The number of aromatic nitrogens is 1. The third kappa shape index (κ3) is 6.67. The lowest BCUT2D eigenvalue weighted by atomic mass is 10.0. The van der Waals surface area contributed by atoms with Crippen molar-refractivity contribution in [2.75, 3.05) is 50.0 Å². The van der Waals surface area contributed by atoms with Gasteiger partial charge in [0.05, 0.1) is 12.2 Å². The molecular weight excluding hydrogens is 438 g/mol. The molecule has 1 aromatic heterocycles. The van der Waals surface area contributed by atoms with Crippen LogP contribution in [0.1, 0.15) is 28.8 Å². The number of nitrogens with one attached hydrogen (secondary N) is 2. The van der Waals surface area contributed by atoms with Crippen LogP contribution < -0.4 is 15.5 Å². The number of carbonyl (C=O) groups excluding carboxylic acids is 2. The van der Waals surface area contributed by atoms with E-state index in [1.807, 2.05) is 49.5 Å². The fourth-order valence-corrected chi connectivity index (χ4v) is 4.37. The second-order valence-corrected chi connectivity index (χ2v) is 8.86. The number of pyridine rings is 1. The summed E-state index contributed by atoms with van der Waals surface area (Å²) in [5.74, 6) is 0.610. The van der Waals surface area contributed by atoms with Crippen molar-refractivity contribution in [2.24, 2.45) is 0 Å². The first-order valence-electron chi connectivity index (χ1n) is 12.2. The Morgan fingerprint density at radius 3 is 2.51 bits per heavy atom. The number of hydrogen-bond acceptors (Lipinski definition) is 6. The second kappa shape index (κ2) is 12.1. The molecule has 3 aromatic rings. The van der Waals surface area contributed by atoms with E-state index in [2.05, 4.69) is 43.6 Å². The molecule has 35 heavy (non-hydrogen) atoms. The Kier molecular flexibility index (Phi) is 8.46. The molecule has 0 bridgehead atoms. The van der Waals surface area contributed by atoms with Crippen LogP contribution in [0.25, 0.3) is 11.1 Å². The van der Waals surface area contributed by atoms with Crippen LogP contribution in [0, 0.1) is 0 Å². The molecule has 0 atom stereocenters. The Hall–Kier alpha value is -3.71. The number of carbonyl (C=O) groups is 2. The summed E-state index contributed by atoms with van der Waals surface area (Å²) in [5.41, 5.74) is 4.65. The minimum Gasteiger partial charge on any atom is -0.367 e. The van der Waals surface area contributed by atoms with E-state index >= 15 is 0 Å². The lowest BCUT2D eigenvalue weighted by Gasteiger charge is -2.23. The molecular formula is C28H33N5O2. The lowest BCUT2D eigenvalue weighted by molar-refractivity contribution is -0.106. The fraction of sp³-hybridized carbons (Fsp3) is 0.321. The maximum Gasteiger partial charge on any atom is 0.251 e. The average Bonchev–Trinajstić information content (AvgIpc) is 3.41. The van der Waals surface area contributed by atoms with Crippen LogP contribution in [0.5, 0.6) is 0 Å². The van der Waals surface area contributed by atoms with E-state index < -0.39 is 0 Å². The van der Waals surface area contributed by atoms with Crippen molar-refractivity contribution in [3.8, 4) is 11.1 Å². The topological polar surface area (TPSA) is 77.6 Å². The highest BCUT2D eigenvalue weighted by atomic mass is 16.1. The van der Waals surface area contributed by atoms with Crippen LogP contribution in [-0.2, 0) is 11.3 Å². The van der Waals surface area contributed by atoms with E-state index in [1.165, 1.54) is 18.4 Å². The molecule has 1 aliphatic heterocycles. The van der Waals surface area contributed by atoms with Gasteiger partial charge in [-0.25, -0.2) is 4.98 Å². The van der Waals surface area contributed by atoms with Gasteiger partial charge in [0.25, 0.3) is 5.91 Å². The van der Waals surface area contributed by atoms with Crippen LogP contribution in [0.2, 0.25) is 0 Å². The quantitative estimate of drug-likeness (QED) is 0.414. The molecule has 1 saturated heterocycles. The third-order valence-corrected chi connectivity index (χ3v) is 6.29. The molecule has 4 rings (SSSR count). The number of rotatable bonds is 11. The number of nitrogens with zero attached hydrogens (tertiary/aromatic N) is 3. The van der Waals surface area contributed by atoms with Crippen molar-refractivity contribution in [3.05, 3.63) is 78.0 Å². The standard InChI is InChI=1S/C28H33N5O2/c1-32(21-22-7-3-2-4-8-22)26-19-25(20-31-27(26)29-14-18-34)23-9-11-24(12-10-23)28(35)30-13-17-33-15-5-6-16-33/h2-4,7-12,18-20H,5-6,13-17,21H2,1H3,(H,29,31)(H,30,35). The highest BCUT2D eigenvalue weighted by Crippen LogP contribution is 2.30. The molecule has 0 unspecified atom stereocenters. The Bertz CT molecular complexity index is 1110. The average molecular weight is 472 g/mol. The summed E-state index contributed by atoms with van der Waals surface area (Å²) < 4.78 is 0. The normalized spacial score (nSPS) is 13.4. The molecule has 182 valence electrons. The minimum atomic E-state index is -0.0504. The van der Waals surface area contributed by atoms with Crippen molar-refractivity contribution < 1.29 is 9.59 Å². The highest BCUT2D eigenvalue weighted by Gasteiger charge is 2.14. The number of anilines is 2. The Morgan fingerprint density at radius 1 is 1.06 bits per heavy atom. The summed E-state index contributed by atoms with van der Waals surface area (Å²) in [7, 11) is 2.01.